The molecule has 1 aliphatic carbocycles. The molecule has 8 heteroatoms. The second-order valence-corrected chi connectivity index (χ2v) is 10.4. The molecule has 3 heterocycles. The van der Waals surface area contributed by atoms with Gasteiger partial charge < -0.3 is 10.1 Å². The molecule has 2 aliphatic rings. The van der Waals surface area contributed by atoms with Crippen LogP contribution in [0.4, 0.5) is 0 Å². The number of ether oxygens (including phenoxy) is 1. The van der Waals surface area contributed by atoms with Gasteiger partial charge in [-0.05, 0) is 31.7 Å². The van der Waals surface area contributed by atoms with Gasteiger partial charge in [0.05, 0.1) is 23.9 Å². The second kappa shape index (κ2) is 9.30. The number of nitrogens with one attached hydrogen (secondary N) is 1. The molecule has 31 heavy (non-hydrogen) atoms. The van der Waals surface area contributed by atoms with Crippen LogP contribution in [0, 0.1) is 0 Å². The topological polar surface area (TPSA) is 73.2 Å². The zero-order valence-electron chi connectivity index (χ0n) is 17.5. The van der Waals surface area contributed by atoms with Crippen LogP contribution in [0.25, 0.3) is 20.3 Å². The number of carbonyl (C=O) groups excluding carboxylic acids is 1. The van der Waals surface area contributed by atoms with Crippen LogP contribution in [0.15, 0.2) is 34.2 Å². The van der Waals surface area contributed by atoms with Crippen LogP contribution in [-0.2, 0) is 16.1 Å². The Balaban J connectivity index is 1.44. The number of nitrogens with zero attached hydrogens (tertiary/aromatic N) is 2. The van der Waals surface area contributed by atoms with E-state index >= 15 is 0 Å². The van der Waals surface area contributed by atoms with Crippen molar-refractivity contribution in [2.45, 2.75) is 68.8 Å². The molecule has 3 aromatic rings. The van der Waals surface area contributed by atoms with Crippen molar-refractivity contribution in [2.75, 3.05) is 12.4 Å². The van der Waals surface area contributed by atoms with Crippen LogP contribution in [0.1, 0.15) is 44.9 Å². The number of fused-ring (bicyclic) bond motifs is 3. The zero-order valence-corrected chi connectivity index (χ0v) is 19.1. The van der Waals surface area contributed by atoms with Crippen LogP contribution in [0.5, 0.6) is 0 Å². The van der Waals surface area contributed by atoms with Crippen LogP contribution in [0.3, 0.4) is 0 Å². The van der Waals surface area contributed by atoms with Gasteiger partial charge in [0.15, 0.2) is 5.16 Å². The molecule has 2 fully saturated rings. The van der Waals surface area contributed by atoms with E-state index in [0.717, 1.165) is 47.9 Å². The van der Waals surface area contributed by atoms with Gasteiger partial charge in [-0.25, -0.2) is 4.98 Å². The van der Waals surface area contributed by atoms with Crippen molar-refractivity contribution in [3.05, 3.63) is 34.6 Å². The molecule has 6 nitrogen and oxygen atoms in total. The third kappa shape index (κ3) is 4.52. The monoisotopic (exact) mass is 457 g/mol. The first-order valence-corrected chi connectivity index (χ1v) is 12.9. The van der Waals surface area contributed by atoms with Gasteiger partial charge in [0.1, 0.15) is 4.70 Å². The summed E-state index contributed by atoms with van der Waals surface area (Å²) in [7, 11) is 0. The van der Waals surface area contributed by atoms with Crippen LogP contribution in [-0.4, -0.2) is 40.0 Å². The van der Waals surface area contributed by atoms with Gasteiger partial charge >= 0.3 is 0 Å². The van der Waals surface area contributed by atoms with E-state index in [2.05, 4.69) is 5.32 Å². The third-order valence-electron chi connectivity index (χ3n) is 6.16. The lowest BCUT2D eigenvalue weighted by molar-refractivity contribution is -0.119. The molecule has 1 saturated heterocycles. The van der Waals surface area contributed by atoms with Gasteiger partial charge in [0.25, 0.3) is 5.56 Å². The minimum absolute atomic E-state index is 0.0186. The largest absolute Gasteiger partial charge is 0.376 e. The Bertz CT molecular complexity index is 1140. The minimum atomic E-state index is -0.0307. The summed E-state index contributed by atoms with van der Waals surface area (Å²) in [6.07, 6.45) is 7.74. The molecular formula is C23H27N3O3S2. The number of thioether (sulfide) groups is 1. The summed E-state index contributed by atoms with van der Waals surface area (Å²) < 4.78 is 9.25. The fourth-order valence-electron chi connectivity index (χ4n) is 4.56. The van der Waals surface area contributed by atoms with E-state index in [9.17, 15) is 9.59 Å². The molecule has 1 saturated carbocycles. The number of carbonyl (C=O) groups is 1. The average molecular weight is 458 g/mol. The molecule has 1 N–H and O–H groups in total. The maximum absolute atomic E-state index is 13.4. The normalized spacial score (nSPS) is 19.9. The van der Waals surface area contributed by atoms with Crippen molar-refractivity contribution in [1.82, 2.24) is 14.9 Å². The summed E-state index contributed by atoms with van der Waals surface area (Å²) >= 11 is 2.85. The standard InChI is InChI=1S/C23H27N3O3S2/c27-19(24-15-7-2-1-3-8-15)14-30-23-25-20-17-10-4-5-11-18(17)31-21(20)22(28)26(23)13-16-9-6-12-29-16/h4-5,10-11,15-16H,1-3,6-9,12-14H2,(H,24,27)/t16-/m1/s1. The quantitative estimate of drug-likeness (QED) is 0.441. The molecule has 0 spiro atoms. The van der Waals surface area contributed by atoms with Gasteiger partial charge in [-0.15, -0.1) is 11.3 Å². The Morgan fingerprint density at radius 3 is 2.84 bits per heavy atom. The van der Waals surface area contributed by atoms with Crippen LogP contribution in [0.2, 0.25) is 0 Å². The lowest BCUT2D eigenvalue weighted by Gasteiger charge is -2.22. The highest BCUT2D eigenvalue weighted by Crippen LogP contribution is 2.32. The first kappa shape index (κ1) is 21.0. The Kier molecular flexibility index (Phi) is 6.29. The number of hydrogen-bond donors (Lipinski definition) is 1. The van der Waals surface area contributed by atoms with Gasteiger partial charge in [0.2, 0.25) is 5.91 Å². The van der Waals surface area contributed by atoms with E-state index in [4.69, 9.17) is 9.72 Å². The molecule has 2 aromatic heterocycles. The molecule has 164 valence electrons. The summed E-state index contributed by atoms with van der Waals surface area (Å²) in [4.78, 5) is 30.9. The lowest BCUT2D eigenvalue weighted by atomic mass is 9.95. The number of benzene rings is 1. The lowest BCUT2D eigenvalue weighted by Crippen LogP contribution is -2.37. The first-order valence-electron chi connectivity index (χ1n) is 11.1. The molecule has 0 bridgehead atoms. The summed E-state index contributed by atoms with van der Waals surface area (Å²) in [5.41, 5.74) is 0.710. The van der Waals surface area contributed by atoms with Crippen LogP contribution < -0.4 is 10.9 Å². The van der Waals surface area contributed by atoms with Gasteiger partial charge in [-0.2, -0.15) is 0 Å². The maximum Gasteiger partial charge on any atom is 0.272 e. The third-order valence-corrected chi connectivity index (χ3v) is 8.28. The Morgan fingerprint density at radius 2 is 2.03 bits per heavy atom. The highest BCUT2D eigenvalue weighted by Gasteiger charge is 2.23. The van der Waals surface area contributed by atoms with Crippen molar-refractivity contribution >= 4 is 49.3 Å². The predicted octanol–water partition coefficient (Wildman–Crippen LogP) is 4.33. The predicted molar refractivity (Wildman–Crippen MR) is 126 cm³/mol. The molecule has 0 radical (unpaired) electrons. The van der Waals surface area contributed by atoms with E-state index in [1.54, 1.807) is 4.57 Å². The van der Waals surface area contributed by atoms with Crippen molar-refractivity contribution in [3.63, 3.8) is 0 Å². The second-order valence-electron chi connectivity index (χ2n) is 8.41. The van der Waals surface area contributed by atoms with Gasteiger partial charge in [-0.3, -0.25) is 14.2 Å². The molecule has 1 aromatic carbocycles. The molecule has 1 atom stereocenters. The molecule has 1 amide bonds. The minimum Gasteiger partial charge on any atom is -0.376 e. The average Bonchev–Trinajstić information content (AvgIpc) is 3.43. The van der Waals surface area contributed by atoms with Crippen molar-refractivity contribution < 1.29 is 9.53 Å². The highest BCUT2D eigenvalue weighted by molar-refractivity contribution is 7.99. The number of thiophene rings is 1. The van der Waals surface area contributed by atoms with E-state index in [1.165, 1.54) is 42.4 Å². The molecular weight excluding hydrogens is 430 g/mol. The summed E-state index contributed by atoms with van der Waals surface area (Å²) in [6, 6.07) is 8.27. The van der Waals surface area contributed by atoms with Crippen molar-refractivity contribution in [3.8, 4) is 0 Å². The molecule has 1 aliphatic heterocycles. The fourth-order valence-corrected chi connectivity index (χ4v) is 6.47. The Hall–Kier alpha value is -1.90. The molecule has 5 rings (SSSR count). The van der Waals surface area contributed by atoms with Gasteiger partial charge in [-0.1, -0.05) is 49.2 Å². The number of aromatic nitrogens is 2. The highest BCUT2D eigenvalue weighted by atomic mass is 32.2. The Morgan fingerprint density at radius 1 is 1.19 bits per heavy atom. The SMILES string of the molecule is O=C(CSc1nc2c(sc3ccccc32)c(=O)n1C[C@H]1CCCO1)NC1CCCCC1. The number of hydrogen-bond acceptors (Lipinski definition) is 6. The summed E-state index contributed by atoms with van der Waals surface area (Å²) in [6.45, 7) is 1.23. The van der Waals surface area contributed by atoms with Crippen molar-refractivity contribution in [1.29, 1.82) is 0 Å². The molecule has 0 unspecified atom stereocenters. The number of rotatable bonds is 6. The smallest absolute Gasteiger partial charge is 0.272 e. The van der Waals surface area contributed by atoms with E-state index < -0.39 is 0 Å². The van der Waals surface area contributed by atoms with E-state index in [1.807, 2.05) is 24.3 Å². The zero-order chi connectivity index (χ0) is 21.2. The first-order chi connectivity index (χ1) is 15.2. The van der Waals surface area contributed by atoms with E-state index in [0.29, 0.717) is 16.4 Å². The Labute approximate surface area is 189 Å². The van der Waals surface area contributed by atoms with Crippen molar-refractivity contribution in [2.24, 2.45) is 0 Å². The maximum atomic E-state index is 13.4. The fraction of sp³-hybridized carbons (Fsp3) is 0.522. The van der Waals surface area contributed by atoms with Crippen LogP contribution >= 0.6 is 23.1 Å². The van der Waals surface area contributed by atoms with E-state index in [-0.39, 0.29) is 29.4 Å². The summed E-state index contributed by atoms with van der Waals surface area (Å²) in [5, 5.41) is 4.76. The summed E-state index contributed by atoms with van der Waals surface area (Å²) in [5.74, 6) is 0.285. The van der Waals surface area contributed by atoms with Gasteiger partial charge in [0, 0.05) is 22.7 Å². The number of amides is 1.